The summed E-state index contributed by atoms with van der Waals surface area (Å²) >= 11 is 0. The summed E-state index contributed by atoms with van der Waals surface area (Å²) < 4.78 is 5.05. The van der Waals surface area contributed by atoms with E-state index in [9.17, 15) is 0 Å². The molecule has 1 atom stereocenters. The number of aromatic nitrogens is 2. The maximum absolute atomic E-state index is 5.44. The lowest BCUT2D eigenvalue weighted by atomic mass is 10.3. The number of nitrogens with two attached hydrogens (primary N) is 1. The molecule has 0 saturated heterocycles. The third kappa shape index (κ3) is 5.79. The highest BCUT2D eigenvalue weighted by Gasteiger charge is 2.04. The number of hydrogen-bond donors (Lipinski definition) is 3. The highest BCUT2D eigenvalue weighted by atomic mass is 16.5. The van der Waals surface area contributed by atoms with Gasteiger partial charge in [0.05, 0.1) is 6.61 Å². The van der Waals surface area contributed by atoms with Crippen LogP contribution in [0, 0.1) is 0 Å². The van der Waals surface area contributed by atoms with Crippen LogP contribution in [0.25, 0.3) is 0 Å². The fourth-order valence-corrected chi connectivity index (χ4v) is 1.52. The number of ether oxygens (including phenoxy) is 1. The molecule has 1 heterocycles. The molecule has 0 saturated carbocycles. The molecule has 0 aliphatic carbocycles. The molecule has 0 amide bonds. The Morgan fingerprint density at radius 3 is 3.00 bits per heavy atom. The number of rotatable bonds is 9. The van der Waals surface area contributed by atoms with Gasteiger partial charge in [-0.15, -0.1) is 0 Å². The van der Waals surface area contributed by atoms with Crippen LogP contribution in [0.3, 0.4) is 0 Å². The van der Waals surface area contributed by atoms with Crippen molar-refractivity contribution in [3.05, 3.63) is 12.3 Å². The van der Waals surface area contributed by atoms with Crippen molar-refractivity contribution >= 4 is 11.8 Å². The monoisotopic (exact) mass is 253 g/mol. The zero-order valence-electron chi connectivity index (χ0n) is 11.1. The predicted octanol–water partition coefficient (Wildman–Crippen LogP) is 1.07. The zero-order valence-corrected chi connectivity index (χ0v) is 11.1. The molecule has 6 nitrogen and oxygen atoms in total. The number of methoxy groups -OCH3 is 1. The van der Waals surface area contributed by atoms with Crippen LogP contribution in [0.4, 0.5) is 11.8 Å². The van der Waals surface area contributed by atoms with Crippen molar-refractivity contribution in [3.63, 3.8) is 0 Å². The summed E-state index contributed by atoms with van der Waals surface area (Å²) in [4.78, 5) is 8.54. The molecule has 0 spiro atoms. The first-order valence-electron chi connectivity index (χ1n) is 6.28. The van der Waals surface area contributed by atoms with E-state index in [1.54, 1.807) is 13.3 Å². The lowest BCUT2D eigenvalue weighted by Crippen LogP contribution is -2.22. The highest BCUT2D eigenvalue weighted by molar-refractivity contribution is 5.39. The fourth-order valence-electron chi connectivity index (χ4n) is 1.52. The fraction of sp³-hybridized carbons (Fsp3) is 0.667. The van der Waals surface area contributed by atoms with Gasteiger partial charge in [0.25, 0.3) is 0 Å². The van der Waals surface area contributed by atoms with Gasteiger partial charge < -0.3 is 21.1 Å². The van der Waals surface area contributed by atoms with E-state index in [0.29, 0.717) is 12.6 Å². The molecule has 1 rings (SSSR count). The summed E-state index contributed by atoms with van der Waals surface area (Å²) in [6, 6.07) is 2.04. The topological polar surface area (TPSA) is 85.1 Å². The van der Waals surface area contributed by atoms with Crippen LogP contribution in [0.1, 0.15) is 19.8 Å². The minimum Gasteiger partial charge on any atom is -0.383 e. The molecule has 0 radical (unpaired) electrons. The molecule has 0 aromatic carbocycles. The molecule has 6 heteroatoms. The highest BCUT2D eigenvalue weighted by Crippen LogP contribution is 2.07. The third-order valence-electron chi connectivity index (χ3n) is 2.38. The minimum atomic E-state index is 0.183. The van der Waals surface area contributed by atoms with E-state index in [2.05, 4.69) is 20.6 Å². The summed E-state index contributed by atoms with van der Waals surface area (Å²) in [7, 11) is 1.68. The Bertz CT molecular complexity index is 334. The van der Waals surface area contributed by atoms with Crippen molar-refractivity contribution in [3.8, 4) is 0 Å². The quantitative estimate of drug-likeness (QED) is 0.571. The molecular weight excluding hydrogens is 230 g/mol. The van der Waals surface area contributed by atoms with E-state index in [1.165, 1.54) is 0 Å². The van der Waals surface area contributed by atoms with Gasteiger partial charge in [0.2, 0.25) is 5.95 Å². The van der Waals surface area contributed by atoms with Gasteiger partial charge in [-0.1, -0.05) is 0 Å². The Balaban J connectivity index is 2.41. The van der Waals surface area contributed by atoms with Crippen LogP contribution in [-0.4, -0.2) is 42.8 Å². The third-order valence-corrected chi connectivity index (χ3v) is 2.38. The Kier molecular flexibility index (Phi) is 7.05. The van der Waals surface area contributed by atoms with Crippen molar-refractivity contribution in [2.75, 3.05) is 37.4 Å². The smallest absolute Gasteiger partial charge is 0.224 e. The largest absolute Gasteiger partial charge is 0.383 e. The number of nitrogens with zero attached hydrogens (tertiary/aromatic N) is 2. The minimum absolute atomic E-state index is 0.183. The Morgan fingerprint density at radius 1 is 1.44 bits per heavy atom. The summed E-state index contributed by atoms with van der Waals surface area (Å²) in [6.45, 7) is 4.25. The zero-order chi connectivity index (χ0) is 13.2. The Labute approximate surface area is 108 Å². The van der Waals surface area contributed by atoms with Crippen molar-refractivity contribution in [2.45, 2.75) is 25.8 Å². The molecule has 0 aliphatic rings. The van der Waals surface area contributed by atoms with Gasteiger partial charge >= 0.3 is 0 Å². The van der Waals surface area contributed by atoms with Crippen LogP contribution in [0.5, 0.6) is 0 Å². The number of nitrogens with one attached hydrogen (secondary N) is 2. The SMILES string of the molecule is COCC(C)Nc1nccc(NCCCCN)n1. The van der Waals surface area contributed by atoms with Gasteiger partial charge in [0, 0.05) is 25.9 Å². The number of unbranched alkanes of at least 4 members (excludes halogenated alkanes) is 1. The molecule has 0 aliphatic heterocycles. The normalized spacial score (nSPS) is 12.2. The van der Waals surface area contributed by atoms with Crippen molar-refractivity contribution < 1.29 is 4.74 Å². The van der Waals surface area contributed by atoms with Crippen molar-refractivity contribution in [2.24, 2.45) is 5.73 Å². The van der Waals surface area contributed by atoms with Gasteiger partial charge in [-0.25, -0.2) is 4.98 Å². The van der Waals surface area contributed by atoms with Crippen LogP contribution in [0.15, 0.2) is 12.3 Å². The maximum atomic E-state index is 5.44. The van der Waals surface area contributed by atoms with E-state index >= 15 is 0 Å². The molecule has 4 N–H and O–H groups in total. The first kappa shape index (κ1) is 14.7. The van der Waals surface area contributed by atoms with Gasteiger partial charge in [-0.2, -0.15) is 4.98 Å². The average molecular weight is 253 g/mol. The van der Waals surface area contributed by atoms with Crippen LogP contribution in [0.2, 0.25) is 0 Å². The van der Waals surface area contributed by atoms with Crippen molar-refractivity contribution in [1.29, 1.82) is 0 Å². The molecule has 18 heavy (non-hydrogen) atoms. The summed E-state index contributed by atoms with van der Waals surface area (Å²) in [5, 5.41) is 6.42. The van der Waals surface area contributed by atoms with Gasteiger partial charge in [0.15, 0.2) is 0 Å². The predicted molar refractivity (Wildman–Crippen MR) is 73.8 cm³/mol. The van der Waals surface area contributed by atoms with Crippen LogP contribution >= 0.6 is 0 Å². The molecule has 0 fully saturated rings. The average Bonchev–Trinajstić information content (AvgIpc) is 2.35. The Morgan fingerprint density at radius 2 is 2.28 bits per heavy atom. The summed E-state index contributed by atoms with van der Waals surface area (Å²) in [5.74, 6) is 1.44. The molecule has 1 aromatic heterocycles. The number of hydrogen-bond acceptors (Lipinski definition) is 6. The standard InChI is InChI=1S/C12H23N5O/c1-10(9-18-2)16-12-15-8-5-11(17-12)14-7-4-3-6-13/h5,8,10H,3-4,6-7,9,13H2,1-2H3,(H2,14,15,16,17). The first-order chi connectivity index (χ1) is 8.76. The molecule has 1 aromatic rings. The lowest BCUT2D eigenvalue weighted by molar-refractivity contribution is 0.190. The molecular formula is C12H23N5O. The van der Waals surface area contributed by atoms with Gasteiger partial charge in [-0.3, -0.25) is 0 Å². The molecule has 1 unspecified atom stereocenters. The maximum Gasteiger partial charge on any atom is 0.224 e. The van der Waals surface area contributed by atoms with E-state index < -0.39 is 0 Å². The van der Waals surface area contributed by atoms with E-state index in [0.717, 1.165) is 31.7 Å². The van der Waals surface area contributed by atoms with Crippen LogP contribution in [-0.2, 0) is 4.74 Å². The van der Waals surface area contributed by atoms with Crippen molar-refractivity contribution in [1.82, 2.24) is 9.97 Å². The Hall–Kier alpha value is -1.40. The van der Waals surface area contributed by atoms with Gasteiger partial charge in [0.1, 0.15) is 5.82 Å². The first-order valence-corrected chi connectivity index (χ1v) is 6.28. The second kappa shape index (κ2) is 8.66. The summed E-state index contributed by atoms with van der Waals surface area (Å²) in [5.41, 5.74) is 5.44. The van der Waals surface area contributed by atoms with E-state index in [-0.39, 0.29) is 6.04 Å². The van der Waals surface area contributed by atoms with Gasteiger partial charge in [-0.05, 0) is 32.4 Å². The molecule has 102 valence electrons. The van der Waals surface area contributed by atoms with E-state index in [1.807, 2.05) is 13.0 Å². The second-order valence-electron chi connectivity index (χ2n) is 4.19. The lowest BCUT2D eigenvalue weighted by Gasteiger charge is -2.13. The summed E-state index contributed by atoms with van der Waals surface area (Å²) in [6.07, 6.45) is 3.80. The molecule has 0 bridgehead atoms. The second-order valence-corrected chi connectivity index (χ2v) is 4.19. The van der Waals surface area contributed by atoms with E-state index in [4.69, 9.17) is 10.5 Å². The number of anilines is 2. The van der Waals surface area contributed by atoms with Crippen LogP contribution < -0.4 is 16.4 Å².